The number of thiophene rings is 1. The quantitative estimate of drug-likeness (QED) is 0.597. The van der Waals surface area contributed by atoms with Crippen molar-refractivity contribution in [2.45, 2.75) is 46.6 Å². The summed E-state index contributed by atoms with van der Waals surface area (Å²) >= 11 is 1.73. The number of aryl methyl sites for hydroxylation is 1. The Morgan fingerprint density at radius 2 is 2.00 bits per heavy atom. The number of hydrogen-bond acceptors (Lipinski definition) is 4. The van der Waals surface area contributed by atoms with Crippen LogP contribution in [0.5, 0.6) is 5.75 Å². The zero-order chi connectivity index (χ0) is 23.1. The SMILES string of the molecule is CCCNC(=O)N(CC(=O)N1CCc2sccc2[C@@H]1COc1ccc(C)cc1)CC(C)C. The van der Waals surface area contributed by atoms with Gasteiger partial charge in [0.05, 0.1) is 6.04 Å². The highest BCUT2D eigenvalue weighted by atomic mass is 32.1. The maximum Gasteiger partial charge on any atom is 0.317 e. The van der Waals surface area contributed by atoms with Crippen LogP contribution in [0.4, 0.5) is 4.79 Å². The summed E-state index contributed by atoms with van der Waals surface area (Å²) in [5, 5.41) is 5.00. The molecule has 2 aromatic rings. The van der Waals surface area contributed by atoms with Crippen LogP contribution in [-0.4, -0.2) is 54.5 Å². The number of fused-ring (bicyclic) bond motifs is 1. The summed E-state index contributed by atoms with van der Waals surface area (Å²) in [6, 6.07) is 9.74. The maximum atomic E-state index is 13.4. The van der Waals surface area contributed by atoms with Gasteiger partial charge in [0.2, 0.25) is 5.91 Å². The van der Waals surface area contributed by atoms with Crippen molar-refractivity contribution in [1.82, 2.24) is 15.1 Å². The van der Waals surface area contributed by atoms with Crippen molar-refractivity contribution in [3.63, 3.8) is 0 Å². The Kier molecular flexibility index (Phi) is 8.56. The molecule has 0 bridgehead atoms. The summed E-state index contributed by atoms with van der Waals surface area (Å²) in [6.07, 6.45) is 1.70. The standard InChI is InChI=1S/C25H35N3O3S/c1-5-12-26-25(30)27(15-18(2)3)16-24(29)28-13-10-23-21(11-14-32-23)22(28)17-31-20-8-6-19(4)7-9-20/h6-9,11,14,18,22H,5,10,12-13,15-17H2,1-4H3,(H,26,30)/t22-/m0/s1. The van der Waals surface area contributed by atoms with E-state index in [1.54, 1.807) is 16.2 Å². The minimum atomic E-state index is -0.172. The summed E-state index contributed by atoms with van der Waals surface area (Å²) in [4.78, 5) is 30.9. The zero-order valence-corrected chi connectivity index (χ0v) is 20.4. The van der Waals surface area contributed by atoms with E-state index >= 15 is 0 Å². The molecule has 0 fully saturated rings. The van der Waals surface area contributed by atoms with E-state index in [9.17, 15) is 9.59 Å². The normalized spacial score (nSPS) is 15.4. The van der Waals surface area contributed by atoms with Crippen LogP contribution in [0.15, 0.2) is 35.7 Å². The fourth-order valence-electron chi connectivity index (χ4n) is 3.94. The van der Waals surface area contributed by atoms with Gasteiger partial charge in [0.25, 0.3) is 0 Å². The van der Waals surface area contributed by atoms with E-state index in [2.05, 4.69) is 30.6 Å². The third kappa shape index (κ3) is 6.25. The molecule has 0 aliphatic carbocycles. The average molecular weight is 458 g/mol. The number of ether oxygens (including phenoxy) is 1. The predicted molar refractivity (Wildman–Crippen MR) is 129 cm³/mol. The lowest BCUT2D eigenvalue weighted by molar-refractivity contribution is -0.135. The lowest BCUT2D eigenvalue weighted by Crippen LogP contribution is -2.50. The molecule has 1 aliphatic rings. The molecule has 0 radical (unpaired) electrons. The lowest BCUT2D eigenvalue weighted by Gasteiger charge is -2.37. The van der Waals surface area contributed by atoms with Gasteiger partial charge in [-0.1, -0.05) is 38.5 Å². The molecular formula is C25H35N3O3S. The predicted octanol–water partition coefficient (Wildman–Crippen LogP) is 4.64. The minimum absolute atomic E-state index is 0.0355. The molecule has 6 nitrogen and oxygen atoms in total. The summed E-state index contributed by atoms with van der Waals surface area (Å²) < 4.78 is 6.10. The Morgan fingerprint density at radius 3 is 2.69 bits per heavy atom. The number of nitrogens with one attached hydrogen (secondary N) is 1. The third-order valence-corrected chi connectivity index (χ3v) is 6.57. The second-order valence-corrected chi connectivity index (χ2v) is 9.78. The third-order valence-electron chi connectivity index (χ3n) is 5.57. The van der Waals surface area contributed by atoms with Crippen molar-refractivity contribution >= 4 is 23.3 Å². The van der Waals surface area contributed by atoms with Crippen LogP contribution in [0, 0.1) is 12.8 Å². The molecule has 3 amide bonds. The molecule has 1 aromatic carbocycles. The smallest absolute Gasteiger partial charge is 0.317 e. The molecule has 32 heavy (non-hydrogen) atoms. The second kappa shape index (κ2) is 11.4. The molecule has 1 aromatic heterocycles. The molecule has 0 saturated carbocycles. The van der Waals surface area contributed by atoms with E-state index in [1.165, 1.54) is 10.4 Å². The first-order valence-corrected chi connectivity index (χ1v) is 12.3. The first-order valence-electron chi connectivity index (χ1n) is 11.5. The zero-order valence-electron chi connectivity index (χ0n) is 19.6. The Hall–Kier alpha value is -2.54. The van der Waals surface area contributed by atoms with Gasteiger partial charge in [-0.2, -0.15) is 0 Å². The summed E-state index contributed by atoms with van der Waals surface area (Å²) in [7, 11) is 0. The van der Waals surface area contributed by atoms with Gasteiger partial charge >= 0.3 is 6.03 Å². The Bertz CT molecular complexity index is 894. The Balaban J connectivity index is 1.74. The Morgan fingerprint density at radius 1 is 1.25 bits per heavy atom. The largest absolute Gasteiger partial charge is 0.491 e. The number of rotatable bonds is 9. The molecule has 2 heterocycles. The minimum Gasteiger partial charge on any atom is -0.491 e. The summed E-state index contributed by atoms with van der Waals surface area (Å²) in [5.41, 5.74) is 2.34. The first kappa shape index (κ1) is 24.1. The van der Waals surface area contributed by atoms with Gasteiger partial charge in [0.15, 0.2) is 0 Å². The van der Waals surface area contributed by atoms with Gasteiger partial charge in [0.1, 0.15) is 18.9 Å². The molecule has 1 aliphatic heterocycles. The number of amides is 3. The highest BCUT2D eigenvalue weighted by Crippen LogP contribution is 2.34. The second-order valence-electron chi connectivity index (χ2n) is 8.78. The number of benzene rings is 1. The molecule has 3 rings (SSSR count). The van der Waals surface area contributed by atoms with E-state index in [-0.39, 0.29) is 30.4 Å². The molecular weight excluding hydrogens is 422 g/mol. The van der Waals surface area contributed by atoms with Gasteiger partial charge in [0, 0.05) is 24.5 Å². The fraction of sp³-hybridized carbons (Fsp3) is 0.520. The number of hydrogen-bond donors (Lipinski definition) is 1. The van der Waals surface area contributed by atoms with E-state index in [1.807, 2.05) is 43.0 Å². The van der Waals surface area contributed by atoms with Crippen molar-refractivity contribution in [2.24, 2.45) is 5.92 Å². The van der Waals surface area contributed by atoms with Crippen LogP contribution in [0.2, 0.25) is 0 Å². The van der Waals surface area contributed by atoms with E-state index in [0.717, 1.165) is 24.2 Å². The van der Waals surface area contributed by atoms with E-state index in [0.29, 0.717) is 26.2 Å². The average Bonchev–Trinajstić information content (AvgIpc) is 3.25. The summed E-state index contributed by atoms with van der Waals surface area (Å²) in [6.45, 7) is 10.4. The highest BCUT2D eigenvalue weighted by molar-refractivity contribution is 7.10. The van der Waals surface area contributed by atoms with Crippen molar-refractivity contribution in [3.8, 4) is 5.75 Å². The van der Waals surface area contributed by atoms with Crippen molar-refractivity contribution in [1.29, 1.82) is 0 Å². The van der Waals surface area contributed by atoms with Gasteiger partial charge in [-0.25, -0.2) is 4.79 Å². The van der Waals surface area contributed by atoms with Crippen LogP contribution in [0.1, 0.15) is 49.2 Å². The van der Waals surface area contributed by atoms with Gasteiger partial charge in [-0.15, -0.1) is 11.3 Å². The van der Waals surface area contributed by atoms with Gasteiger partial charge < -0.3 is 19.9 Å². The van der Waals surface area contributed by atoms with Crippen LogP contribution in [0.3, 0.4) is 0 Å². The van der Waals surface area contributed by atoms with Crippen LogP contribution < -0.4 is 10.1 Å². The monoisotopic (exact) mass is 457 g/mol. The Labute approximate surface area is 195 Å². The molecule has 0 unspecified atom stereocenters. The van der Waals surface area contributed by atoms with Crippen molar-refractivity contribution in [3.05, 3.63) is 51.7 Å². The molecule has 174 valence electrons. The van der Waals surface area contributed by atoms with E-state index < -0.39 is 0 Å². The number of nitrogens with zero attached hydrogens (tertiary/aromatic N) is 2. The molecule has 7 heteroatoms. The topological polar surface area (TPSA) is 61.9 Å². The fourth-order valence-corrected chi connectivity index (χ4v) is 4.87. The number of carbonyl (C=O) groups excluding carboxylic acids is 2. The van der Waals surface area contributed by atoms with Crippen LogP contribution in [0.25, 0.3) is 0 Å². The highest BCUT2D eigenvalue weighted by Gasteiger charge is 2.33. The van der Waals surface area contributed by atoms with Gasteiger partial charge in [-0.05, 0) is 54.8 Å². The molecule has 0 saturated heterocycles. The molecule has 1 atom stereocenters. The van der Waals surface area contributed by atoms with Crippen molar-refractivity contribution < 1.29 is 14.3 Å². The van der Waals surface area contributed by atoms with Crippen LogP contribution in [-0.2, 0) is 11.2 Å². The maximum absolute atomic E-state index is 13.4. The molecule has 1 N–H and O–H groups in total. The first-order chi connectivity index (χ1) is 15.4. The lowest BCUT2D eigenvalue weighted by atomic mass is 10.0. The number of urea groups is 1. The van der Waals surface area contributed by atoms with E-state index in [4.69, 9.17) is 4.74 Å². The van der Waals surface area contributed by atoms with Crippen LogP contribution >= 0.6 is 11.3 Å². The van der Waals surface area contributed by atoms with Crippen molar-refractivity contribution in [2.75, 3.05) is 32.8 Å². The number of carbonyl (C=O) groups is 2. The van der Waals surface area contributed by atoms with Gasteiger partial charge in [-0.3, -0.25) is 4.79 Å². The molecule has 0 spiro atoms. The summed E-state index contributed by atoms with van der Waals surface area (Å²) in [5.74, 6) is 1.04.